The number of ether oxygens (including phenoxy) is 1. The molecule has 0 spiro atoms. The Balaban J connectivity index is 1.51. The van der Waals surface area contributed by atoms with Gasteiger partial charge in [-0.15, -0.1) is 21.5 Å². The molecule has 1 N–H and O–H groups in total. The molecule has 118 valence electrons. The normalized spacial score (nSPS) is 10.5. The minimum Gasteiger partial charge on any atom is -0.497 e. The third-order valence-corrected chi connectivity index (χ3v) is 4.03. The molecule has 1 aromatic carbocycles. The summed E-state index contributed by atoms with van der Waals surface area (Å²) in [4.78, 5) is 12.9. The molecule has 0 saturated heterocycles. The van der Waals surface area contributed by atoms with Crippen molar-refractivity contribution in [1.29, 1.82) is 0 Å². The molecule has 0 fully saturated rings. The van der Waals surface area contributed by atoms with Gasteiger partial charge in [0, 0.05) is 18.5 Å². The lowest BCUT2D eigenvalue weighted by Crippen LogP contribution is -2.25. The lowest BCUT2D eigenvalue weighted by atomic mass is 10.2. The summed E-state index contributed by atoms with van der Waals surface area (Å²) in [5.74, 6) is 1.58. The Kier molecular flexibility index (Phi) is 4.68. The van der Waals surface area contributed by atoms with Gasteiger partial charge >= 0.3 is 0 Å². The summed E-state index contributed by atoms with van der Waals surface area (Å²) in [6.07, 6.45) is 0.486. The molecule has 0 aliphatic rings. The molecule has 23 heavy (non-hydrogen) atoms. The SMILES string of the molecule is COc1ccc(C(=O)NCCc2nnc(-c3cccs3)o2)cc1. The predicted molar refractivity (Wildman–Crippen MR) is 86.6 cm³/mol. The molecule has 0 aliphatic carbocycles. The summed E-state index contributed by atoms with van der Waals surface area (Å²) in [7, 11) is 1.59. The number of benzene rings is 1. The van der Waals surface area contributed by atoms with E-state index in [2.05, 4.69) is 15.5 Å². The zero-order valence-corrected chi connectivity index (χ0v) is 13.3. The van der Waals surface area contributed by atoms with Crippen LogP contribution in [0, 0.1) is 0 Å². The molecule has 0 bridgehead atoms. The van der Waals surface area contributed by atoms with Gasteiger partial charge in [0.1, 0.15) is 5.75 Å². The van der Waals surface area contributed by atoms with Gasteiger partial charge in [-0.3, -0.25) is 4.79 Å². The number of hydrogen-bond donors (Lipinski definition) is 1. The van der Waals surface area contributed by atoms with Crippen LogP contribution in [-0.4, -0.2) is 29.8 Å². The van der Waals surface area contributed by atoms with Crippen LogP contribution in [0.25, 0.3) is 10.8 Å². The average Bonchev–Trinajstić information content (AvgIpc) is 3.26. The topological polar surface area (TPSA) is 77.2 Å². The van der Waals surface area contributed by atoms with Crippen LogP contribution in [0.5, 0.6) is 5.75 Å². The fraction of sp³-hybridized carbons (Fsp3) is 0.188. The van der Waals surface area contributed by atoms with Crippen LogP contribution >= 0.6 is 11.3 Å². The highest BCUT2D eigenvalue weighted by Gasteiger charge is 2.10. The van der Waals surface area contributed by atoms with Crippen LogP contribution in [-0.2, 0) is 6.42 Å². The van der Waals surface area contributed by atoms with Crippen LogP contribution in [0.15, 0.2) is 46.2 Å². The van der Waals surface area contributed by atoms with Crippen molar-refractivity contribution in [2.75, 3.05) is 13.7 Å². The zero-order chi connectivity index (χ0) is 16.1. The number of thiophene rings is 1. The summed E-state index contributed by atoms with van der Waals surface area (Å²) in [6.45, 7) is 0.428. The first-order valence-electron chi connectivity index (χ1n) is 7.05. The van der Waals surface area contributed by atoms with E-state index in [-0.39, 0.29) is 5.91 Å². The summed E-state index contributed by atoms with van der Waals surface area (Å²) in [5.41, 5.74) is 0.579. The Hall–Kier alpha value is -2.67. The Morgan fingerprint density at radius 3 is 2.78 bits per heavy atom. The number of nitrogens with one attached hydrogen (secondary N) is 1. The van der Waals surface area contributed by atoms with Crippen molar-refractivity contribution in [2.45, 2.75) is 6.42 Å². The van der Waals surface area contributed by atoms with E-state index < -0.39 is 0 Å². The summed E-state index contributed by atoms with van der Waals surface area (Å²) in [6, 6.07) is 10.8. The van der Waals surface area contributed by atoms with E-state index in [9.17, 15) is 4.79 Å². The van der Waals surface area contributed by atoms with E-state index >= 15 is 0 Å². The Morgan fingerprint density at radius 2 is 2.09 bits per heavy atom. The van der Waals surface area contributed by atoms with Gasteiger partial charge in [-0.05, 0) is 35.7 Å². The van der Waals surface area contributed by atoms with Crippen LogP contribution in [0.2, 0.25) is 0 Å². The van der Waals surface area contributed by atoms with E-state index in [1.165, 1.54) is 0 Å². The standard InChI is InChI=1S/C16H15N3O3S/c1-21-12-6-4-11(5-7-12)15(20)17-9-8-14-18-19-16(22-14)13-3-2-10-23-13/h2-7,10H,8-9H2,1H3,(H,17,20). The first kappa shape index (κ1) is 15.2. The number of carbonyl (C=O) groups is 1. The molecule has 0 aliphatic heterocycles. The molecule has 0 saturated carbocycles. The number of aromatic nitrogens is 2. The quantitative estimate of drug-likeness (QED) is 0.752. The highest BCUT2D eigenvalue weighted by molar-refractivity contribution is 7.13. The van der Waals surface area contributed by atoms with Gasteiger partial charge in [-0.2, -0.15) is 0 Å². The number of methoxy groups -OCH3 is 1. The van der Waals surface area contributed by atoms with Crippen molar-refractivity contribution in [3.63, 3.8) is 0 Å². The molecule has 2 heterocycles. The van der Waals surface area contributed by atoms with E-state index in [0.717, 1.165) is 4.88 Å². The zero-order valence-electron chi connectivity index (χ0n) is 12.5. The lowest BCUT2D eigenvalue weighted by molar-refractivity contribution is 0.0953. The first-order valence-corrected chi connectivity index (χ1v) is 7.93. The van der Waals surface area contributed by atoms with Crippen LogP contribution in [0.3, 0.4) is 0 Å². The maximum absolute atomic E-state index is 12.0. The van der Waals surface area contributed by atoms with Crippen molar-refractivity contribution in [3.8, 4) is 16.5 Å². The van der Waals surface area contributed by atoms with Gasteiger partial charge in [0.25, 0.3) is 11.8 Å². The Labute approximate surface area is 137 Å². The van der Waals surface area contributed by atoms with E-state index in [0.29, 0.717) is 36.1 Å². The van der Waals surface area contributed by atoms with Gasteiger partial charge in [0.05, 0.1) is 12.0 Å². The summed E-state index contributed by atoms with van der Waals surface area (Å²) >= 11 is 1.54. The molecule has 0 radical (unpaired) electrons. The minimum absolute atomic E-state index is 0.148. The Bertz CT molecular complexity index is 766. The second-order valence-corrected chi connectivity index (χ2v) is 5.66. The number of rotatable bonds is 6. The largest absolute Gasteiger partial charge is 0.497 e. The second kappa shape index (κ2) is 7.06. The lowest BCUT2D eigenvalue weighted by Gasteiger charge is -2.04. The number of amides is 1. The van der Waals surface area contributed by atoms with E-state index in [4.69, 9.17) is 9.15 Å². The monoisotopic (exact) mass is 329 g/mol. The van der Waals surface area contributed by atoms with Gasteiger partial charge in [-0.25, -0.2) is 0 Å². The smallest absolute Gasteiger partial charge is 0.257 e. The van der Waals surface area contributed by atoms with E-state index in [1.807, 2.05) is 17.5 Å². The molecule has 6 nitrogen and oxygen atoms in total. The fourth-order valence-corrected chi connectivity index (χ4v) is 2.63. The highest BCUT2D eigenvalue weighted by Crippen LogP contribution is 2.22. The van der Waals surface area contributed by atoms with Gasteiger partial charge in [0.15, 0.2) is 0 Å². The molecular weight excluding hydrogens is 314 g/mol. The summed E-state index contributed by atoms with van der Waals surface area (Å²) < 4.78 is 10.6. The van der Waals surface area contributed by atoms with Gasteiger partial charge < -0.3 is 14.5 Å². The molecular formula is C16H15N3O3S. The molecule has 1 amide bonds. The third-order valence-electron chi connectivity index (χ3n) is 3.18. The van der Waals surface area contributed by atoms with Crippen molar-refractivity contribution >= 4 is 17.2 Å². The van der Waals surface area contributed by atoms with Crippen LogP contribution < -0.4 is 10.1 Å². The molecule has 0 unspecified atom stereocenters. The number of carbonyl (C=O) groups excluding carboxylic acids is 1. The van der Waals surface area contributed by atoms with Crippen LogP contribution in [0.1, 0.15) is 16.2 Å². The molecule has 2 aromatic heterocycles. The van der Waals surface area contributed by atoms with Crippen molar-refractivity contribution in [1.82, 2.24) is 15.5 Å². The molecule has 3 rings (SSSR count). The number of nitrogens with zero attached hydrogens (tertiary/aromatic N) is 2. The maximum Gasteiger partial charge on any atom is 0.257 e. The maximum atomic E-state index is 12.0. The third kappa shape index (κ3) is 3.75. The van der Waals surface area contributed by atoms with Crippen molar-refractivity contribution in [2.24, 2.45) is 0 Å². The first-order chi connectivity index (χ1) is 11.3. The fourth-order valence-electron chi connectivity index (χ4n) is 1.98. The second-order valence-electron chi connectivity index (χ2n) is 4.71. The molecule has 7 heteroatoms. The molecule has 0 atom stereocenters. The highest BCUT2D eigenvalue weighted by atomic mass is 32.1. The van der Waals surface area contributed by atoms with Gasteiger partial charge in [-0.1, -0.05) is 6.07 Å². The Morgan fingerprint density at radius 1 is 1.26 bits per heavy atom. The molecule has 3 aromatic rings. The average molecular weight is 329 g/mol. The van der Waals surface area contributed by atoms with E-state index in [1.54, 1.807) is 42.7 Å². The minimum atomic E-state index is -0.148. The van der Waals surface area contributed by atoms with Crippen LogP contribution in [0.4, 0.5) is 0 Å². The van der Waals surface area contributed by atoms with Gasteiger partial charge in [0.2, 0.25) is 5.89 Å². The van der Waals surface area contributed by atoms with Crippen molar-refractivity contribution in [3.05, 3.63) is 53.2 Å². The summed E-state index contributed by atoms with van der Waals surface area (Å²) in [5, 5.41) is 12.8. The predicted octanol–water partition coefficient (Wildman–Crippen LogP) is 2.78. The van der Waals surface area contributed by atoms with Crippen molar-refractivity contribution < 1.29 is 13.9 Å². The number of hydrogen-bond acceptors (Lipinski definition) is 6.